The van der Waals surface area contributed by atoms with Gasteiger partial charge in [-0.25, -0.2) is 13.8 Å². The molecular formula is C22H15F2N2O2-. The molecule has 1 heterocycles. The first-order valence-corrected chi connectivity index (χ1v) is 8.74. The van der Waals surface area contributed by atoms with Crippen molar-refractivity contribution in [2.75, 3.05) is 0 Å². The predicted molar refractivity (Wildman–Crippen MR) is 101 cm³/mol. The second kappa shape index (κ2) is 7.23. The summed E-state index contributed by atoms with van der Waals surface area (Å²) in [5.74, 6) is -0.963. The molecule has 4 aromatic rings. The van der Waals surface area contributed by atoms with E-state index in [4.69, 9.17) is 0 Å². The molecule has 6 heteroatoms. The molecule has 140 valence electrons. The Morgan fingerprint density at radius 1 is 0.929 bits per heavy atom. The third-order valence-corrected chi connectivity index (χ3v) is 4.56. The van der Waals surface area contributed by atoms with Crippen molar-refractivity contribution in [3.05, 3.63) is 94.3 Å². The fraction of sp³-hybridized carbons (Fsp3) is 0.0909. The molecule has 4 nitrogen and oxygen atoms in total. The average molecular weight is 377 g/mol. The maximum absolute atomic E-state index is 13.7. The Bertz CT molecular complexity index is 1230. The Hall–Kier alpha value is -3.54. The van der Waals surface area contributed by atoms with Gasteiger partial charge in [-0.15, -0.1) is 0 Å². The monoisotopic (exact) mass is 377 g/mol. The van der Waals surface area contributed by atoms with Gasteiger partial charge >= 0.3 is 0 Å². The lowest BCUT2D eigenvalue weighted by molar-refractivity contribution is -0.267. The van der Waals surface area contributed by atoms with E-state index in [9.17, 15) is 18.7 Å². The molecule has 4 rings (SSSR count). The van der Waals surface area contributed by atoms with Gasteiger partial charge in [-0.05, 0) is 42.3 Å². The largest absolute Gasteiger partial charge is 0.872 e. The highest BCUT2D eigenvalue weighted by molar-refractivity contribution is 5.80. The summed E-state index contributed by atoms with van der Waals surface area (Å²) in [6, 6.07) is 16.1. The second-order valence-electron chi connectivity index (χ2n) is 6.43. The van der Waals surface area contributed by atoms with Crippen LogP contribution in [0.1, 0.15) is 5.56 Å². The first-order chi connectivity index (χ1) is 13.5. The molecule has 0 N–H and O–H groups in total. The zero-order chi connectivity index (χ0) is 19.7. The van der Waals surface area contributed by atoms with Crippen molar-refractivity contribution < 1.29 is 13.9 Å². The molecule has 0 unspecified atom stereocenters. The smallest absolute Gasteiger partial charge is 0.261 e. The van der Waals surface area contributed by atoms with E-state index in [1.807, 2.05) is 0 Å². The van der Waals surface area contributed by atoms with Crippen LogP contribution in [-0.4, -0.2) is 9.55 Å². The van der Waals surface area contributed by atoms with Crippen LogP contribution in [0.4, 0.5) is 8.78 Å². The molecule has 0 radical (unpaired) electrons. The summed E-state index contributed by atoms with van der Waals surface area (Å²) in [6.45, 7) is 0.172. The van der Waals surface area contributed by atoms with Crippen LogP contribution >= 0.6 is 0 Å². The van der Waals surface area contributed by atoms with Gasteiger partial charge in [0.2, 0.25) is 0 Å². The normalized spacial score (nSPS) is 11.1. The Labute approximate surface area is 159 Å². The van der Waals surface area contributed by atoms with Crippen LogP contribution in [0, 0.1) is 11.6 Å². The van der Waals surface area contributed by atoms with Crippen molar-refractivity contribution in [1.82, 2.24) is 9.55 Å². The van der Waals surface area contributed by atoms with Gasteiger partial charge in [-0.2, -0.15) is 0 Å². The molecule has 3 aromatic carbocycles. The van der Waals surface area contributed by atoms with E-state index in [-0.39, 0.29) is 34.9 Å². The molecule has 0 aliphatic heterocycles. The van der Waals surface area contributed by atoms with Crippen LogP contribution in [0.15, 0.2) is 71.5 Å². The van der Waals surface area contributed by atoms with Crippen LogP contribution in [0.25, 0.3) is 22.3 Å². The molecule has 0 saturated carbocycles. The van der Waals surface area contributed by atoms with Crippen LogP contribution in [0.3, 0.4) is 0 Å². The van der Waals surface area contributed by atoms with Crippen molar-refractivity contribution in [3.8, 4) is 17.1 Å². The van der Waals surface area contributed by atoms with Crippen molar-refractivity contribution in [2.24, 2.45) is 0 Å². The van der Waals surface area contributed by atoms with Crippen LogP contribution in [0.5, 0.6) is 5.75 Å². The van der Waals surface area contributed by atoms with Gasteiger partial charge in [-0.1, -0.05) is 42.1 Å². The number of aryl methyl sites for hydroxylation is 1. The fourth-order valence-electron chi connectivity index (χ4n) is 3.19. The molecule has 0 fully saturated rings. The van der Waals surface area contributed by atoms with E-state index >= 15 is 0 Å². The number of halogens is 2. The second-order valence-corrected chi connectivity index (χ2v) is 6.43. The van der Waals surface area contributed by atoms with Gasteiger partial charge < -0.3 is 5.11 Å². The first kappa shape index (κ1) is 17.9. The van der Waals surface area contributed by atoms with E-state index in [0.717, 1.165) is 6.07 Å². The minimum Gasteiger partial charge on any atom is -0.872 e. The number of hydrogen-bond acceptors (Lipinski definition) is 3. The number of para-hydroxylation sites is 1. The van der Waals surface area contributed by atoms with Gasteiger partial charge in [0.1, 0.15) is 17.5 Å². The highest BCUT2D eigenvalue weighted by atomic mass is 19.1. The Morgan fingerprint density at radius 2 is 1.71 bits per heavy atom. The topological polar surface area (TPSA) is 57.9 Å². The van der Waals surface area contributed by atoms with Gasteiger partial charge in [0.25, 0.3) is 5.56 Å². The lowest BCUT2D eigenvalue weighted by Crippen LogP contribution is -2.25. The fourth-order valence-corrected chi connectivity index (χ4v) is 3.19. The maximum atomic E-state index is 13.7. The zero-order valence-corrected chi connectivity index (χ0v) is 14.7. The van der Waals surface area contributed by atoms with Crippen LogP contribution in [0.2, 0.25) is 0 Å². The highest BCUT2D eigenvalue weighted by Crippen LogP contribution is 2.26. The van der Waals surface area contributed by atoms with Gasteiger partial charge in [-0.3, -0.25) is 9.36 Å². The molecule has 0 aliphatic rings. The van der Waals surface area contributed by atoms with E-state index in [1.54, 1.807) is 30.3 Å². The van der Waals surface area contributed by atoms with Crippen LogP contribution in [-0.2, 0) is 13.0 Å². The van der Waals surface area contributed by atoms with Crippen molar-refractivity contribution in [3.63, 3.8) is 0 Å². The molecule has 1 aromatic heterocycles. The number of hydrogen-bond donors (Lipinski definition) is 0. The summed E-state index contributed by atoms with van der Waals surface area (Å²) in [7, 11) is 0. The van der Waals surface area contributed by atoms with Crippen molar-refractivity contribution in [1.29, 1.82) is 0 Å². The summed E-state index contributed by atoms with van der Waals surface area (Å²) in [4.78, 5) is 17.5. The molecule has 0 spiro atoms. The Kier molecular flexibility index (Phi) is 4.61. The minimum atomic E-state index is -0.542. The van der Waals surface area contributed by atoms with Crippen LogP contribution < -0.4 is 10.7 Å². The Balaban J connectivity index is 1.88. The summed E-state index contributed by atoms with van der Waals surface area (Å²) in [6.07, 6.45) is 0.355. The van der Waals surface area contributed by atoms with Crippen molar-refractivity contribution >= 4 is 10.9 Å². The molecule has 0 bridgehead atoms. The van der Waals surface area contributed by atoms with E-state index in [2.05, 4.69) is 4.98 Å². The van der Waals surface area contributed by atoms with Gasteiger partial charge in [0.15, 0.2) is 0 Å². The van der Waals surface area contributed by atoms with Crippen molar-refractivity contribution in [2.45, 2.75) is 13.0 Å². The lowest BCUT2D eigenvalue weighted by atomic mass is 10.1. The number of aromatic nitrogens is 2. The lowest BCUT2D eigenvalue weighted by Gasteiger charge is -2.18. The summed E-state index contributed by atoms with van der Waals surface area (Å²) >= 11 is 0. The number of nitrogens with zero attached hydrogens (tertiary/aromatic N) is 2. The predicted octanol–water partition coefficient (Wildman–Crippen LogP) is 3.66. The minimum absolute atomic E-state index is 0.131. The first-order valence-electron chi connectivity index (χ1n) is 8.74. The number of fused-ring (bicyclic) bond motifs is 1. The van der Waals surface area contributed by atoms with E-state index in [1.165, 1.54) is 34.9 Å². The standard InChI is InChI=1S/C22H16F2N2O2/c23-15-5-3-4-14(12-15)10-11-26-21(17-6-1-2-7-20(17)27)25-19-9-8-16(24)13-18(19)22(26)28/h1-9,12-13,27H,10-11H2/p-1. The summed E-state index contributed by atoms with van der Waals surface area (Å²) in [5.41, 5.74) is 0.850. The number of benzene rings is 3. The van der Waals surface area contributed by atoms with Gasteiger partial charge in [0.05, 0.1) is 10.9 Å². The third kappa shape index (κ3) is 3.36. The molecule has 0 aliphatic carbocycles. The molecule has 28 heavy (non-hydrogen) atoms. The summed E-state index contributed by atoms with van der Waals surface area (Å²) < 4.78 is 28.5. The summed E-state index contributed by atoms with van der Waals surface area (Å²) in [5, 5.41) is 12.5. The van der Waals surface area contributed by atoms with E-state index < -0.39 is 11.4 Å². The van der Waals surface area contributed by atoms with E-state index in [0.29, 0.717) is 17.5 Å². The molecule has 0 atom stereocenters. The average Bonchev–Trinajstić information content (AvgIpc) is 2.68. The molecule has 0 saturated heterocycles. The zero-order valence-electron chi connectivity index (χ0n) is 14.7. The maximum Gasteiger partial charge on any atom is 0.261 e. The Morgan fingerprint density at radius 3 is 2.50 bits per heavy atom. The quantitative estimate of drug-likeness (QED) is 0.545. The third-order valence-electron chi connectivity index (χ3n) is 4.56. The number of rotatable bonds is 4. The SMILES string of the molecule is O=c1c2cc(F)ccc2nc(-c2ccccc2[O-])n1CCc1cccc(F)c1. The van der Waals surface area contributed by atoms with Gasteiger partial charge in [0, 0.05) is 12.1 Å². The highest BCUT2D eigenvalue weighted by Gasteiger charge is 2.14. The molecule has 0 amide bonds. The molecular weight excluding hydrogens is 362 g/mol.